The van der Waals surface area contributed by atoms with E-state index >= 15 is 0 Å². The van der Waals surface area contributed by atoms with Crippen molar-refractivity contribution in [2.24, 2.45) is 10.8 Å². The van der Waals surface area contributed by atoms with E-state index in [-0.39, 0.29) is 23.3 Å². The van der Waals surface area contributed by atoms with Crippen LogP contribution in [0.5, 0.6) is 5.75 Å². The zero-order chi connectivity index (χ0) is 21.8. The summed E-state index contributed by atoms with van der Waals surface area (Å²) in [5, 5.41) is 2.97. The summed E-state index contributed by atoms with van der Waals surface area (Å²) in [6.45, 7) is 17.4. The van der Waals surface area contributed by atoms with Crippen molar-refractivity contribution in [2.75, 3.05) is 11.9 Å². The predicted octanol–water partition coefficient (Wildman–Crippen LogP) is 6.50. The lowest BCUT2D eigenvalue weighted by atomic mass is 9.84. The molecule has 0 heterocycles. The van der Waals surface area contributed by atoms with Crippen LogP contribution in [0.2, 0.25) is 0 Å². The van der Waals surface area contributed by atoms with Gasteiger partial charge in [0.2, 0.25) is 0 Å². The Morgan fingerprint density at radius 3 is 2.17 bits per heavy atom. The quantitative estimate of drug-likeness (QED) is 0.606. The molecule has 1 N–H and O–H groups in total. The van der Waals surface area contributed by atoms with E-state index in [4.69, 9.17) is 4.74 Å². The van der Waals surface area contributed by atoms with Gasteiger partial charge in [-0.3, -0.25) is 4.79 Å². The van der Waals surface area contributed by atoms with Crippen LogP contribution >= 0.6 is 0 Å². The first-order valence-corrected chi connectivity index (χ1v) is 10.4. The summed E-state index contributed by atoms with van der Waals surface area (Å²) < 4.78 is 5.96. The number of anilines is 1. The minimum atomic E-state index is -0.140. The number of benzene rings is 2. The second kappa shape index (κ2) is 9.02. The van der Waals surface area contributed by atoms with E-state index in [0.29, 0.717) is 0 Å². The fourth-order valence-electron chi connectivity index (χ4n) is 3.41. The molecule has 0 aromatic heterocycles. The van der Waals surface area contributed by atoms with Gasteiger partial charge >= 0.3 is 0 Å². The second-order valence-electron chi connectivity index (χ2n) is 10.6. The van der Waals surface area contributed by atoms with Crippen molar-refractivity contribution >= 4 is 11.6 Å². The van der Waals surface area contributed by atoms with Gasteiger partial charge in [-0.15, -0.1) is 0 Å². The molecule has 0 aliphatic carbocycles. The van der Waals surface area contributed by atoms with E-state index in [9.17, 15) is 4.79 Å². The highest BCUT2D eigenvalue weighted by Gasteiger charge is 2.18. The van der Waals surface area contributed by atoms with Gasteiger partial charge in [-0.1, -0.05) is 65.8 Å². The Morgan fingerprint density at radius 1 is 0.897 bits per heavy atom. The van der Waals surface area contributed by atoms with E-state index in [1.165, 1.54) is 11.1 Å². The maximum Gasteiger partial charge on any atom is 0.262 e. The average molecular weight is 396 g/mol. The first-order valence-electron chi connectivity index (χ1n) is 10.4. The van der Waals surface area contributed by atoms with Crippen molar-refractivity contribution in [2.45, 2.75) is 68.2 Å². The van der Waals surface area contributed by atoms with Crippen molar-refractivity contribution < 1.29 is 9.53 Å². The van der Waals surface area contributed by atoms with E-state index in [2.05, 4.69) is 59.0 Å². The molecule has 0 radical (unpaired) electrons. The van der Waals surface area contributed by atoms with Crippen LogP contribution in [0.15, 0.2) is 36.4 Å². The van der Waals surface area contributed by atoms with Gasteiger partial charge in [0.05, 0.1) is 0 Å². The number of carbonyl (C=O) groups is 1. The second-order valence-corrected chi connectivity index (χ2v) is 10.6. The number of aryl methyl sites for hydroxylation is 2. The molecule has 0 unspecified atom stereocenters. The molecule has 0 spiro atoms. The van der Waals surface area contributed by atoms with Gasteiger partial charge in [0.1, 0.15) is 5.75 Å². The Bertz CT molecular complexity index is 854. The Morgan fingerprint density at radius 2 is 1.55 bits per heavy atom. The highest BCUT2D eigenvalue weighted by molar-refractivity contribution is 5.92. The van der Waals surface area contributed by atoms with E-state index in [1.807, 2.05) is 38.1 Å². The molecule has 0 saturated heterocycles. The van der Waals surface area contributed by atoms with Gasteiger partial charge in [-0.25, -0.2) is 0 Å². The van der Waals surface area contributed by atoms with Gasteiger partial charge in [0, 0.05) is 5.69 Å². The van der Waals surface area contributed by atoms with Gasteiger partial charge in [-0.2, -0.15) is 0 Å². The van der Waals surface area contributed by atoms with Crippen LogP contribution < -0.4 is 10.1 Å². The van der Waals surface area contributed by atoms with E-state index in [0.717, 1.165) is 35.4 Å². The first kappa shape index (κ1) is 23.0. The van der Waals surface area contributed by atoms with Crippen molar-refractivity contribution in [1.29, 1.82) is 0 Å². The van der Waals surface area contributed by atoms with Crippen LogP contribution in [0.4, 0.5) is 5.69 Å². The third kappa shape index (κ3) is 7.92. The Labute approximate surface area is 176 Å². The van der Waals surface area contributed by atoms with E-state index < -0.39 is 0 Å². The molecule has 29 heavy (non-hydrogen) atoms. The molecule has 0 saturated carbocycles. The van der Waals surface area contributed by atoms with Gasteiger partial charge in [0.15, 0.2) is 6.61 Å². The summed E-state index contributed by atoms with van der Waals surface area (Å²) in [7, 11) is 0. The molecule has 1 amide bonds. The highest BCUT2D eigenvalue weighted by Crippen LogP contribution is 2.30. The summed E-state index contributed by atoms with van der Waals surface area (Å²) in [5.74, 6) is 0.660. The maximum atomic E-state index is 12.5. The molecular formula is C26H37NO2. The lowest BCUT2D eigenvalue weighted by molar-refractivity contribution is -0.118. The SMILES string of the molecule is Cc1ccc(C)c(NC(=O)COc2ccc(CC(C)(C)C)cc2CC(C)(C)C)c1. The number of rotatable bonds is 6. The third-order valence-corrected chi connectivity index (χ3v) is 4.61. The van der Waals surface area contributed by atoms with Crippen LogP contribution in [0, 0.1) is 24.7 Å². The minimum Gasteiger partial charge on any atom is -0.483 e. The fraction of sp³-hybridized carbons (Fsp3) is 0.500. The maximum absolute atomic E-state index is 12.5. The number of ether oxygens (including phenoxy) is 1. The van der Waals surface area contributed by atoms with Gasteiger partial charge in [-0.05, 0) is 71.9 Å². The van der Waals surface area contributed by atoms with E-state index in [1.54, 1.807) is 0 Å². The van der Waals surface area contributed by atoms with Crippen molar-refractivity contribution in [1.82, 2.24) is 0 Å². The predicted molar refractivity (Wildman–Crippen MR) is 123 cm³/mol. The first-order chi connectivity index (χ1) is 13.3. The molecule has 0 atom stereocenters. The summed E-state index contributed by atoms with van der Waals surface area (Å²) >= 11 is 0. The Balaban J connectivity index is 2.13. The Hall–Kier alpha value is -2.29. The monoisotopic (exact) mass is 395 g/mol. The Kier molecular flexibility index (Phi) is 7.15. The molecule has 0 aliphatic rings. The molecule has 2 aromatic rings. The zero-order valence-corrected chi connectivity index (χ0v) is 19.4. The largest absolute Gasteiger partial charge is 0.483 e. The van der Waals surface area contributed by atoms with Gasteiger partial charge < -0.3 is 10.1 Å². The van der Waals surface area contributed by atoms with Crippen LogP contribution in [0.1, 0.15) is 63.8 Å². The molecule has 3 heteroatoms. The van der Waals surface area contributed by atoms with Crippen LogP contribution in [0.25, 0.3) is 0 Å². The summed E-state index contributed by atoms with van der Waals surface area (Å²) in [5.41, 5.74) is 5.85. The van der Waals surface area contributed by atoms with Crippen LogP contribution in [-0.4, -0.2) is 12.5 Å². The normalized spacial score (nSPS) is 12.0. The average Bonchev–Trinajstić information content (AvgIpc) is 2.54. The molecule has 158 valence electrons. The summed E-state index contributed by atoms with van der Waals surface area (Å²) in [6, 6.07) is 12.4. The molecule has 0 aliphatic heterocycles. The van der Waals surface area contributed by atoms with Crippen LogP contribution in [0.3, 0.4) is 0 Å². The molecule has 2 rings (SSSR count). The van der Waals surface area contributed by atoms with Crippen molar-refractivity contribution in [3.8, 4) is 5.75 Å². The fourth-order valence-corrected chi connectivity index (χ4v) is 3.41. The molecular weight excluding hydrogens is 358 g/mol. The van der Waals surface area contributed by atoms with Crippen LogP contribution in [-0.2, 0) is 17.6 Å². The molecule has 3 nitrogen and oxygen atoms in total. The topological polar surface area (TPSA) is 38.3 Å². The molecule has 0 bridgehead atoms. The highest BCUT2D eigenvalue weighted by atomic mass is 16.5. The standard InChI is InChI=1S/C26H37NO2/c1-18-9-10-19(2)22(13-18)27-24(28)17-29-23-12-11-20(15-25(3,4)5)14-21(23)16-26(6,7)8/h9-14H,15-17H2,1-8H3,(H,27,28). The van der Waals surface area contributed by atoms with Crippen molar-refractivity contribution in [3.05, 3.63) is 58.7 Å². The minimum absolute atomic E-state index is 0.00312. The van der Waals surface area contributed by atoms with Crippen molar-refractivity contribution in [3.63, 3.8) is 0 Å². The molecule has 2 aromatic carbocycles. The summed E-state index contributed by atoms with van der Waals surface area (Å²) in [6.07, 6.45) is 1.91. The number of hydrogen-bond donors (Lipinski definition) is 1. The molecule has 0 fully saturated rings. The zero-order valence-electron chi connectivity index (χ0n) is 19.4. The number of amides is 1. The smallest absolute Gasteiger partial charge is 0.262 e. The lowest BCUT2D eigenvalue weighted by Crippen LogP contribution is -2.21. The number of carbonyl (C=O) groups excluding carboxylic acids is 1. The summed E-state index contributed by atoms with van der Waals surface area (Å²) in [4.78, 5) is 12.5. The third-order valence-electron chi connectivity index (χ3n) is 4.61. The number of hydrogen-bond acceptors (Lipinski definition) is 2. The number of nitrogens with one attached hydrogen (secondary N) is 1. The van der Waals surface area contributed by atoms with Gasteiger partial charge in [0.25, 0.3) is 5.91 Å². The lowest BCUT2D eigenvalue weighted by Gasteiger charge is -2.23.